The first kappa shape index (κ1) is 22.9. The Kier molecular flexibility index (Phi) is 6.85. The number of hydrogen-bond donors (Lipinski definition) is 1. The molecule has 0 aliphatic rings. The van der Waals surface area contributed by atoms with E-state index in [0.29, 0.717) is 16.8 Å². The van der Waals surface area contributed by atoms with Gasteiger partial charge in [0.05, 0.1) is 11.6 Å². The molecule has 32 heavy (non-hydrogen) atoms. The van der Waals surface area contributed by atoms with E-state index in [1.807, 2.05) is 6.07 Å². The van der Waals surface area contributed by atoms with E-state index < -0.39 is 47.5 Å². The lowest BCUT2D eigenvalue weighted by atomic mass is 10.1. The average Bonchev–Trinajstić information content (AvgIpc) is 3.13. The van der Waals surface area contributed by atoms with Crippen LogP contribution in [-0.4, -0.2) is 23.5 Å². The van der Waals surface area contributed by atoms with Crippen LogP contribution in [0.2, 0.25) is 0 Å². The number of nitriles is 1. The number of benzene rings is 2. The van der Waals surface area contributed by atoms with Gasteiger partial charge in [0.1, 0.15) is 23.7 Å². The number of rotatable bonds is 7. The fraction of sp³-hybridized carbons (Fsp3) is 0.143. The molecule has 1 aromatic heterocycles. The Labute approximate surface area is 188 Å². The van der Waals surface area contributed by atoms with Gasteiger partial charge in [-0.3, -0.25) is 9.59 Å². The summed E-state index contributed by atoms with van der Waals surface area (Å²) in [6, 6.07) is 10.2. The van der Waals surface area contributed by atoms with Crippen molar-refractivity contribution in [3.05, 3.63) is 69.7 Å². The predicted molar refractivity (Wildman–Crippen MR) is 109 cm³/mol. The maximum absolute atomic E-state index is 14.6. The third-order valence-corrected chi connectivity index (χ3v) is 4.71. The summed E-state index contributed by atoms with van der Waals surface area (Å²) < 4.78 is 44.6. The van der Waals surface area contributed by atoms with Crippen molar-refractivity contribution < 1.29 is 32.3 Å². The quantitative estimate of drug-likeness (QED) is 0.479. The smallest absolute Gasteiger partial charge is 0.302 e. The van der Waals surface area contributed by atoms with Crippen LogP contribution in [0.3, 0.4) is 0 Å². The Morgan fingerprint density at radius 2 is 1.94 bits per heavy atom. The highest BCUT2D eigenvalue weighted by atomic mass is 79.9. The molecule has 0 spiro atoms. The average molecular weight is 506 g/mol. The maximum Gasteiger partial charge on any atom is 0.302 e. The van der Waals surface area contributed by atoms with E-state index >= 15 is 0 Å². The van der Waals surface area contributed by atoms with E-state index in [0.717, 1.165) is 19.1 Å². The highest BCUT2D eigenvalue weighted by Gasteiger charge is 2.27. The number of carbonyl (C=O) groups excluding carboxylic acids is 2. The number of amides is 1. The molecule has 11 heteroatoms. The molecule has 164 valence electrons. The molecule has 0 saturated carbocycles. The van der Waals surface area contributed by atoms with Gasteiger partial charge in [0.15, 0.2) is 16.2 Å². The number of nitrogens with zero attached hydrogens (tertiary/aromatic N) is 2. The second-order valence-corrected chi connectivity index (χ2v) is 7.09. The zero-order valence-electron chi connectivity index (χ0n) is 16.4. The van der Waals surface area contributed by atoms with E-state index in [1.54, 1.807) is 24.3 Å². The molecule has 3 aromatic rings. The third-order valence-electron chi connectivity index (χ3n) is 4.17. The molecule has 1 amide bonds. The molecule has 0 fully saturated rings. The first-order valence-corrected chi connectivity index (χ1v) is 9.75. The van der Waals surface area contributed by atoms with Gasteiger partial charge in [0.25, 0.3) is 5.91 Å². The first-order chi connectivity index (χ1) is 15.2. The molecule has 1 atom stereocenters. The van der Waals surface area contributed by atoms with Crippen molar-refractivity contribution in [3.63, 3.8) is 0 Å². The lowest BCUT2D eigenvalue weighted by Crippen LogP contribution is -2.20. The predicted octanol–water partition coefficient (Wildman–Crippen LogP) is 4.04. The van der Waals surface area contributed by atoms with Gasteiger partial charge in [-0.25, -0.2) is 13.8 Å². The van der Waals surface area contributed by atoms with Crippen LogP contribution in [0.5, 0.6) is 5.75 Å². The highest BCUT2D eigenvalue weighted by Crippen LogP contribution is 2.34. The number of halogens is 3. The van der Waals surface area contributed by atoms with Crippen molar-refractivity contribution in [2.45, 2.75) is 13.0 Å². The molecule has 2 N–H and O–H groups in total. The molecule has 0 bridgehead atoms. The molecule has 0 aliphatic carbocycles. The minimum atomic E-state index is -1.32. The van der Waals surface area contributed by atoms with Gasteiger partial charge in [-0.2, -0.15) is 5.26 Å². The molecular weight excluding hydrogens is 492 g/mol. The van der Waals surface area contributed by atoms with Gasteiger partial charge in [0.2, 0.25) is 12.0 Å². The van der Waals surface area contributed by atoms with Crippen LogP contribution in [-0.2, 0) is 9.53 Å². The number of esters is 1. The molecule has 0 radical (unpaired) electrons. The SMILES string of the molecule is CC(=O)OCC(Oc1ccc(F)c(C(N)=O)c1F)c1nc(-c2ccc(C#N)cc2)c(Br)o1. The zero-order chi connectivity index (χ0) is 23.4. The monoisotopic (exact) mass is 505 g/mol. The second-order valence-electron chi connectivity index (χ2n) is 6.37. The standard InChI is InChI=1S/C21H14BrF2N3O5/c1-10(28)30-9-15(31-14-7-6-13(23)16(17(14)24)20(26)29)21-27-18(19(22)32-21)12-4-2-11(8-25)3-5-12/h2-7,15H,9H2,1H3,(H2,26,29). The van der Waals surface area contributed by atoms with Crippen molar-refractivity contribution >= 4 is 27.8 Å². The minimum absolute atomic E-state index is 0.0955. The van der Waals surface area contributed by atoms with Gasteiger partial charge < -0.3 is 19.6 Å². The summed E-state index contributed by atoms with van der Waals surface area (Å²) in [5, 5.41) is 8.93. The number of primary amides is 1. The molecule has 0 saturated heterocycles. The topological polar surface area (TPSA) is 128 Å². The van der Waals surface area contributed by atoms with Crippen LogP contribution < -0.4 is 10.5 Å². The van der Waals surface area contributed by atoms with Gasteiger partial charge >= 0.3 is 5.97 Å². The van der Waals surface area contributed by atoms with E-state index in [9.17, 15) is 18.4 Å². The van der Waals surface area contributed by atoms with Gasteiger partial charge in [-0.1, -0.05) is 12.1 Å². The molecule has 1 unspecified atom stereocenters. The van der Waals surface area contributed by atoms with Crippen LogP contribution in [0.25, 0.3) is 11.3 Å². The van der Waals surface area contributed by atoms with Crippen LogP contribution >= 0.6 is 15.9 Å². The summed E-state index contributed by atoms with van der Waals surface area (Å²) in [5.41, 5.74) is 5.45. The minimum Gasteiger partial charge on any atom is -0.474 e. The number of oxazole rings is 1. The number of carbonyl (C=O) groups is 2. The van der Waals surface area contributed by atoms with Crippen molar-refractivity contribution in [2.75, 3.05) is 6.61 Å². The highest BCUT2D eigenvalue weighted by molar-refractivity contribution is 9.10. The molecule has 0 aliphatic heterocycles. The van der Waals surface area contributed by atoms with Gasteiger partial charge in [-0.05, 0) is 40.2 Å². The fourth-order valence-corrected chi connectivity index (χ4v) is 3.17. The summed E-state index contributed by atoms with van der Waals surface area (Å²) in [5.74, 6) is -5.05. The first-order valence-electron chi connectivity index (χ1n) is 8.95. The molecular formula is C21H14BrF2N3O5. The Bertz CT molecular complexity index is 1220. The van der Waals surface area contributed by atoms with E-state index in [2.05, 4.69) is 20.9 Å². The Morgan fingerprint density at radius 3 is 2.53 bits per heavy atom. The molecule has 3 rings (SSSR count). The maximum atomic E-state index is 14.6. The number of nitrogens with two attached hydrogens (primary N) is 1. The fourth-order valence-electron chi connectivity index (χ4n) is 2.69. The Hall–Kier alpha value is -3.78. The Balaban J connectivity index is 1.98. The third kappa shape index (κ3) is 4.92. The van der Waals surface area contributed by atoms with Gasteiger partial charge in [-0.15, -0.1) is 0 Å². The van der Waals surface area contributed by atoms with E-state index in [4.69, 9.17) is 24.9 Å². The summed E-state index contributed by atoms with van der Waals surface area (Å²) in [6.07, 6.45) is -1.25. The largest absolute Gasteiger partial charge is 0.474 e. The van der Waals surface area contributed by atoms with Crippen LogP contribution in [0.1, 0.15) is 34.8 Å². The summed E-state index contributed by atoms with van der Waals surface area (Å²) in [6.45, 7) is 0.742. The van der Waals surface area contributed by atoms with E-state index in [-0.39, 0.29) is 10.6 Å². The lowest BCUT2D eigenvalue weighted by molar-refractivity contribution is -0.143. The van der Waals surface area contributed by atoms with Gasteiger partial charge in [0, 0.05) is 12.5 Å². The second kappa shape index (κ2) is 9.57. The summed E-state index contributed by atoms with van der Waals surface area (Å²) in [4.78, 5) is 27.0. The zero-order valence-corrected chi connectivity index (χ0v) is 18.0. The number of aromatic nitrogens is 1. The number of ether oxygens (including phenoxy) is 2. The summed E-state index contributed by atoms with van der Waals surface area (Å²) >= 11 is 3.24. The summed E-state index contributed by atoms with van der Waals surface area (Å²) in [7, 11) is 0. The van der Waals surface area contributed by atoms with Crippen molar-refractivity contribution in [2.24, 2.45) is 5.73 Å². The van der Waals surface area contributed by atoms with Crippen molar-refractivity contribution in [3.8, 4) is 23.1 Å². The van der Waals surface area contributed by atoms with Crippen molar-refractivity contribution in [1.82, 2.24) is 4.98 Å². The number of hydrogen-bond acceptors (Lipinski definition) is 7. The molecule has 8 nitrogen and oxygen atoms in total. The van der Waals surface area contributed by atoms with Crippen LogP contribution in [0, 0.1) is 23.0 Å². The Morgan fingerprint density at radius 1 is 1.25 bits per heavy atom. The van der Waals surface area contributed by atoms with Crippen LogP contribution in [0.4, 0.5) is 8.78 Å². The normalized spacial score (nSPS) is 11.5. The van der Waals surface area contributed by atoms with Crippen molar-refractivity contribution in [1.29, 1.82) is 5.26 Å². The molecule has 1 heterocycles. The van der Waals surface area contributed by atoms with E-state index in [1.165, 1.54) is 0 Å². The molecule has 2 aromatic carbocycles. The van der Waals surface area contributed by atoms with Crippen LogP contribution in [0.15, 0.2) is 45.5 Å². The lowest BCUT2D eigenvalue weighted by Gasteiger charge is -2.17.